The van der Waals surface area contributed by atoms with Gasteiger partial charge in [0.1, 0.15) is 24.1 Å². The van der Waals surface area contributed by atoms with Crippen molar-refractivity contribution in [3.63, 3.8) is 0 Å². The zero-order chi connectivity index (χ0) is 23.2. The average molecular weight is 446 g/mol. The molecule has 2 aromatic heterocycles. The Morgan fingerprint density at radius 2 is 1.85 bits per heavy atom. The van der Waals surface area contributed by atoms with Crippen molar-refractivity contribution in [2.75, 3.05) is 6.54 Å². The molecule has 4 amide bonds. The number of imide groups is 1. The Morgan fingerprint density at radius 1 is 1.12 bits per heavy atom. The van der Waals surface area contributed by atoms with Crippen molar-refractivity contribution in [3.05, 3.63) is 83.7 Å². The molecular formula is C24H22N4O5. The quantitative estimate of drug-likeness (QED) is 0.605. The lowest BCUT2D eigenvalue weighted by molar-refractivity contribution is -0.140. The zero-order valence-electron chi connectivity index (χ0n) is 18.1. The van der Waals surface area contributed by atoms with E-state index in [9.17, 15) is 14.4 Å². The topological polar surface area (TPSA) is 108 Å². The van der Waals surface area contributed by atoms with Crippen LogP contribution in [0.4, 0.5) is 4.79 Å². The van der Waals surface area contributed by atoms with Gasteiger partial charge in [0, 0.05) is 6.42 Å². The summed E-state index contributed by atoms with van der Waals surface area (Å²) in [6, 6.07) is 13.5. The van der Waals surface area contributed by atoms with Crippen LogP contribution < -0.4 is 5.32 Å². The smallest absolute Gasteiger partial charge is 0.325 e. The molecule has 0 bridgehead atoms. The van der Waals surface area contributed by atoms with E-state index in [1.54, 1.807) is 31.2 Å². The summed E-state index contributed by atoms with van der Waals surface area (Å²) in [5.41, 5.74) is 1.36. The first kappa shape index (κ1) is 20.7. The highest BCUT2D eigenvalue weighted by molar-refractivity contribution is 6.09. The number of furan rings is 2. The minimum absolute atomic E-state index is 0.296. The van der Waals surface area contributed by atoms with E-state index in [4.69, 9.17) is 8.83 Å². The predicted molar refractivity (Wildman–Crippen MR) is 117 cm³/mol. The number of hydrogen-bond donors (Lipinski definition) is 1. The molecule has 0 spiro atoms. The molecule has 2 aliphatic heterocycles. The fourth-order valence-electron chi connectivity index (χ4n) is 4.14. The number of aryl methyl sites for hydroxylation is 1. The lowest BCUT2D eigenvalue weighted by Crippen LogP contribution is -2.43. The van der Waals surface area contributed by atoms with Crippen molar-refractivity contribution >= 4 is 23.6 Å². The second-order valence-electron chi connectivity index (χ2n) is 8.31. The molecule has 9 nitrogen and oxygen atoms in total. The van der Waals surface area contributed by atoms with Crippen LogP contribution in [0.2, 0.25) is 0 Å². The third-order valence-electron chi connectivity index (χ3n) is 6.00. The van der Waals surface area contributed by atoms with Crippen LogP contribution in [0.5, 0.6) is 0 Å². The summed E-state index contributed by atoms with van der Waals surface area (Å²) in [5.74, 6) is -0.185. The van der Waals surface area contributed by atoms with Crippen LogP contribution in [0.15, 0.2) is 75.0 Å². The average Bonchev–Trinajstić information content (AvgIpc) is 3.59. The van der Waals surface area contributed by atoms with E-state index in [1.165, 1.54) is 17.5 Å². The zero-order valence-corrected chi connectivity index (χ0v) is 18.1. The van der Waals surface area contributed by atoms with Gasteiger partial charge in [0.05, 0.1) is 18.2 Å². The predicted octanol–water partition coefficient (Wildman–Crippen LogP) is 3.33. The summed E-state index contributed by atoms with van der Waals surface area (Å²) in [7, 11) is 0. The first-order valence-electron chi connectivity index (χ1n) is 10.5. The van der Waals surface area contributed by atoms with E-state index in [1.807, 2.05) is 31.2 Å². The van der Waals surface area contributed by atoms with Gasteiger partial charge in [0.25, 0.3) is 11.8 Å². The Hall–Kier alpha value is -4.14. The maximum absolute atomic E-state index is 13.3. The lowest BCUT2D eigenvalue weighted by Gasteiger charge is -2.23. The molecule has 2 aliphatic rings. The van der Waals surface area contributed by atoms with Crippen molar-refractivity contribution in [1.82, 2.24) is 15.2 Å². The van der Waals surface area contributed by atoms with Gasteiger partial charge in [-0.1, -0.05) is 29.8 Å². The first-order valence-corrected chi connectivity index (χ1v) is 10.5. The van der Waals surface area contributed by atoms with E-state index >= 15 is 0 Å². The van der Waals surface area contributed by atoms with Gasteiger partial charge in [0.2, 0.25) is 0 Å². The molecule has 1 N–H and O–H groups in total. The molecule has 1 saturated heterocycles. The number of benzene rings is 1. The Morgan fingerprint density at radius 3 is 2.52 bits per heavy atom. The summed E-state index contributed by atoms with van der Waals surface area (Å²) < 4.78 is 10.9. The van der Waals surface area contributed by atoms with Crippen LogP contribution in [-0.2, 0) is 15.1 Å². The van der Waals surface area contributed by atoms with E-state index in [-0.39, 0.29) is 0 Å². The maximum atomic E-state index is 13.3. The molecule has 0 saturated carbocycles. The fraction of sp³-hybridized carbons (Fsp3) is 0.250. The molecule has 0 radical (unpaired) electrons. The molecule has 4 heterocycles. The van der Waals surface area contributed by atoms with Gasteiger partial charge in [0.15, 0.2) is 5.54 Å². The lowest BCUT2D eigenvalue weighted by atomic mass is 9.99. The van der Waals surface area contributed by atoms with E-state index in [0.29, 0.717) is 17.9 Å². The highest BCUT2D eigenvalue weighted by atomic mass is 16.3. The SMILES string of the molecule is Cc1ccc(C2=NN(C(=O)CN3C(=O)NC(C)(c4ccco4)C3=O)C(c3ccco3)C2)cc1. The van der Waals surface area contributed by atoms with Gasteiger partial charge in [-0.15, -0.1) is 0 Å². The van der Waals surface area contributed by atoms with Crippen LogP contribution in [0.1, 0.15) is 42.0 Å². The number of rotatable bonds is 5. The number of nitrogens with one attached hydrogen (secondary N) is 1. The Bertz CT molecular complexity index is 1230. The standard InChI is InChI=1S/C24H22N4O5/c1-15-7-9-16(10-8-15)17-13-18(19-5-3-11-32-19)28(26-17)21(29)14-27-22(30)24(2,25-23(27)31)20-6-4-12-33-20/h3-12,18H,13-14H2,1-2H3,(H,25,31). The van der Waals surface area contributed by atoms with Gasteiger partial charge >= 0.3 is 6.03 Å². The number of hydrogen-bond acceptors (Lipinski definition) is 6. The first-order chi connectivity index (χ1) is 15.9. The molecule has 3 aromatic rings. The second kappa shape index (κ2) is 7.77. The molecule has 5 rings (SSSR count). The highest BCUT2D eigenvalue weighted by Gasteiger charge is 2.52. The van der Waals surface area contributed by atoms with Crippen LogP contribution in [0.3, 0.4) is 0 Å². The summed E-state index contributed by atoms with van der Waals surface area (Å²) in [6.45, 7) is 3.09. The Kier molecular flexibility index (Phi) is 4.88. The number of carbonyl (C=O) groups excluding carboxylic acids is 3. The second-order valence-corrected chi connectivity index (χ2v) is 8.31. The van der Waals surface area contributed by atoms with Crippen molar-refractivity contribution in [3.8, 4) is 0 Å². The molecular weight excluding hydrogens is 424 g/mol. The van der Waals surface area contributed by atoms with Crippen molar-refractivity contribution in [1.29, 1.82) is 0 Å². The summed E-state index contributed by atoms with van der Waals surface area (Å²) in [6.07, 6.45) is 3.41. The molecule has 2 unspecified atom stereocenters. The molecule has 1 aromatic carbocycles. The van der Waals surface area contributed by atoms with Gasteiger partial charge in [-0.2, -0.15) is 5.10 Å². The van der Waals surface area contributed by atoms with Gasteiger partial charge in [-0.3, -0.25) is 14.5 Å². The van der Waals surface area contributed by atoms with Crippen molar-refractivity contribution < 1.29 is 23.2 Å². The van der Waals surface area contributed by atoms with E-state index < -0.39 is 36.0 Å². The van der Waals surface area contributed by atoms with Crippen LogP contribution in [0.25, 0.3) is 0 Å². The monoisotopic (exact) mass is 446 g/mol. The number of hydrazone groups is 1. The molecule has 0 aliphatic carbocycles. The largest absolute Gasteiger partial charge is 0.467 e. The molecule has 33 heavy (non-hydrogen) atoms. The van der Waals surface area contributed by atoms with Crippen LogP contribution in [0, 0.1) is 6.92 Å². The van der Waals surface area contributed by atoms with Gasteiger partial charge in [-0.05, 0) is 43.7 Å². The number of amides is 4. The van der Waals surface area contributed by atoms with Crippen LogP contribution >= 0.6 is 0 Å². The number of carbonyl (C=O) groups is 3. The molecule has 1 fully saturated rings. The summed E-state index contributed by atoms with van der Waals surface area (Å²) in [5, 5.41) is 8.48. The van der Waals surface area contributed by atoms with Gasteiger partial charge in [-0.25, -0.2) is 9.80 Å². The van der Waals surface area contributed by atoms with Crippen LogP contribution in [-0.4, -0.2) is 40.0 Å². The van der Waals surface area contributed by atoms with Crippen molar-refractivity contribution in [2.45, 2.75) is 31.8 Å². The third-order valence-corrected chi connectivity index (χ3v) is 6.00. The molecule has 9 heteroatoms. The Balaban J connectivity index is 1.41. The minimum atomic E-state index is -1.37. The number of urea groups is 1. The van der Waals surface area contributed by atoms with E-state index in [2.05, 4.69) is 10.4 Å². The third kappa shape index (κ3) is 3.51. The van der Waals surface area contributed by atoms with Gasteiger partial charge < -0.3 is 14.2 Å². The maximum Gasteiger partial charge on any atom is 0.325 e. The van der Waals surface area contributed by atoms with Crippen molar-refractivity contribution in [2.24, 2.45) is 5.10 Å². The highest BCUT2D eigenvalue weighted by Crippen LogP contribution is 2.34. The minimum Gasteiger partial charge on any atom is -0.467 e. The number of nitrogens with zero attached hydrogens (tertiary/aromatic N) is 3. The Labute approximate surface area is 189 Å². The summed E-state index contributed by atoms with van der Waals surface area (Å²) >= 11 is 0. The normalized spacial score (nSPS) is 22.6. The van der Waals surface area contributed by atoms with E-state index in [0.717, 1.165) is 21.7 Å². The molecule has 2 atom stereocenters. The summed E-state index contributed by atoms with van der Waals surface area (Å²) in [4.78, 5) is 39.9. The fourth-order valence-corrected chi connectivity index (χ4v) is 4.14. The molecule has 168 valence electrons.